The minimum atomic E-state index is -0.681. The third-order valence-corrected chi connectivity index (χ3v) is 5.21. The number of benzene rings is 1. The lowest BCUT2D eigenvalue weighted by molar-refractivity contribution is -0.145. The fourth-order valence-electron chi connectivity index (χ4n) is 4.15. The molecule has 7 heteroatoms. The zero-order chi connectivity index (χ0) is 17.6. The Morgan fingerprint density at radius 1 is 1.21 bits per heavy atom. The Hall–Kier alpha value is -2.44. The van der Waals surface area contributed by atoms with Gasteiger partial charge in [-0.25, -0.2) is 9.59 Å². The van der Waals surface area contributed by atoms with Crippen LogP contribution >= 0.6 is 0 Å². The van der Waals surface area contributed by atoms with Crippen LogP contribution in [0.5, 0.6) is 5.75 Å². The van der Waals surface area contributed by atoms with E-state index >= 15 is 0 Å². The van der Waals surface area contributed by atoms with E-state index in [1.807, 2.05) is 30.1 Å². The number of rotatable bonds is 2. The van der Waals surface area contributed by atoms with Crippen LogP contribution in [0.15, 0.2) is 18.2 Å². The molecule has 2 heterocycles. The molecular formula is C17H22N2O5. The van der Waals surface area contributed by atoms with E-state index in [0.29, 0.717) is 6.42 Å². The molecule has 0 aromatic heterocycles. The summed E-state index contributed by atoms with van der Waals surface area (Å²) in [4.78, 5) is 28.1. The number of likely N-dealkylation sites (N-methyl/N-ethyl adjacent to an activating group) is 1. The highest BCUT2D eigenvalue weighted by molar-refractivity contribution is 5.85. The average molecular weight is 334 g/mol. The third kappa shape index (κ3) is 2.03. The predicted octanol–water partition coefficient (Wildman–Crippen LogP) is 1.74. The topological polar surface area (TPSA) is 68.3 Å². The van der Waals surface area contributed by atoms with Gasteiger partial charge in [0.25, 0.3) is 0 Å². The van der Waals surface area contributed by atoms with E-state index < -0.39 is 23.5 Å². The second kappa shape index (κ2) is 5.58. The Kier molecular flexibility index (Phi) is 3.81. The van der Waals surface area contributed by atoms with E-state index in [-0.39, 0.29) is 6.17 Å². The maximum Gasteiger partial charge on any atom is 0.411 e. The highest BCUT2D eigenvalue weighted by atomic mass is 16.5. The zero-order valence-electron chi connectivity index (χ0n) is 14.5. The molecule has 0 N–H and O–H groups in total. The van der Waals surface area contributed by atoms with Gasteiger partial charge in [-0.05, 0) is 30.2 Å². The van der Waals surface area contributed by atoms with E-state index in [4.69, 9.17) is 14.2 Å². The fraction of sp³-hybridized carbons (Fsp3) is 0.529. The van der Waals surface area contributed by atoms with Crippen LogP contribution in [0.4, 0.5) is 10.5 Å². The highest BCUT2D eigenvalue weighted by Crippen LogP contribution is 2.54. The zero-order valence-corrected chi connectivity index (χ0v) is 14.5. The van der Waals surface area contributed by atoms with E-state index in [0.717, 1.165) is 17.0 Å². The predicted molar refractivity (Wildman–Crippen MR) is 87.2 cm³/mol. The van der Waals surface area contributed by atoms with Crippen LogP contribution in [0.1, 0.15) is 18.9 Å². The average Bonchev–Trinajstić information content (AvgIpc) is 3.03. The van der Waals surface area contributed by atoms with Crippen molar-refractivity contribution in [2.45, 2.75) is 31.0 Å². The molecule has 2 aliphatic rings. The molecule has 3 rings (SSSR count). The lowest BCUT2D eigenvalue weighted by Crippen LogP contribution is -2.53. The van der Waals surface area contributed by atoms with Crippen molar-refractivity contribution in [3.8, 4) is 5.75 Å². The van der Waals surface area contributed by atoms with Gasteiger partial charge in [0.15, 0.2) is 0 Å². The summed E-state index contributed by atoms with van der Waals surface area (Å²) in [6.07, 6.45) is -0.397. The largest absolute Gasteiger partial charge is 0.497 e. The minimum Gasteiger partial charge on any atom is -0.497 e. The van der Waals surface area contributed by atoms with E-state index in [9.17, 15) is 9.59 Å². The fourth-order valence-corrected chi connectivity index (χ4v) is 4.15. The molecule has 1 unspecified atom stereocenters. The number of esters is 1. The summed E-state index contributed by atoms with van der Waals surface area (Å²) in [6.45, 7) is 2.05. The molecular weight excluding hydrogens is 312 g/mol. The van der Waals surface area contributed by atoms with Crippen molar-refractivity contribution < 1.29 is 23.8 Å². The number of ether oxygens (including phenoxy) is 3. The lowest BCUT2D eigenvalue weighted by atomic mass is 9.80. The van der Waals surface area contributed by atoms with Crippen LogP contribution in [0.2, 0.25) is 0 Å². The van der Waals surface area contributed by atoms with Crippen LogP contribution in [0, 0.1) is 0 Å². The Balaban J connectivity index is 2.13. The van der Waals surface area contributed by atoms with Crippen LogP contribution in [-0.4, -0.2) is 57.5 Å². The van der Waals surface area contributed by atoms with Gasteiger partial charge in [0, 0.05) is 18.2 Å². The molecule has 1 saturated heterocycles. The second-order valence-corrected chi connectivity index (χ2v) is 6.41. The molecule has 1 aromatic rings. The van der Waals surface area contributed by atoms with Gasteiger partial charge >= 0.3 is 12.1 Å². The van der Waals surface area contributed by atoms with Gasteiger partial charge in [0.05, 0.1) is 21.3 Å². The Morgan fingerprint density at radius 2 is 1.92 bits per heavy atom. The molecule has 3 atom stereocenters. The number of fused-ring (bicyclic) bond motifs is 3. The Bertz CT molecular complexity index is 692. The SMILES string of the molecule is COC(=O)[C@@H]1C[C@]2(C)c3cc(OC)ccc3N(C)C2N1C(=O)OC. The molecule has 7 nitrogen and oxygen atoms in total. The minimum absolute atomic E-state index is 0.323. The molecule has 24 heavy (non-hydrogen) atoms. The monoisotopic (exact) mass is 334 g/mol. The lowest BCUT2D eigenvalue weighted by Gasteiger charge is -2.34. The number of methoxy groups -OCH3 is 3. The molecule has 0 bridgehead atoms. The molecule has 0 saturated carbocycles. The van der Waals surface area contributed by atoms with Crippen molar-refractivity contribution in [1.29, 1.82) is 0 Å². The van der Waals surface area contributed by atoms with Crippen LogP contribution in [-0.2, 0) is 19.7 Å². The summed E-state index contributed by atoms with van der Waals surface area (Å²) < 4.78 is 15.2. The molecule has 1 fully saturated rings. The maximum atomic E-state index is 12.4. The number of hydrogen-bond donors (Lipinski definition) is 0. The first kappa shape index (κ1) is 16.4. The second-order valence-electron chi connectivity index (χ2n) is 6.41. The van der Waals surface area contributed by atoms with Gasteiger partial charge in [0.2, 0.25) is 0 Å². The van der Waals surface area contributed by atoms with Crippen molar-refractivity contribution in [2.75, 3.05) is 33.3 Å². The van der Waals surface area contributed by atoms with Gasteiger partial charge in [-0.3, -0.25) is 4.90 Å². The third-order valence-electron chi connectivity index (χ3n) is 5.21. The van der Waals surface area contributed by atoms with Crippen molar-refractivity contribution in [3.63, 3.8) is 0 Å². The van der Waals surface area contributed by atoms with Crippen molar-refractivity contribution >= 4 is 17.7 Å². The summed E-state index contributed by atoms with van der Waals surface area (Å²) >= 11 is 0. The normalized spacial score (nSPS) is 27.5. The molecule has 130 valence electrons. The Labute approximate surface area is 141 Å². The molecule has 2 aliphatic heterocycles. The first-order valence-electron chi connectivity index (χ1n) is 7.74. The first-order chi connectivity index (χ1) is 11.4. The molecule has 0 radical (unpaired) electrons. The number of likely N-dealkylation sites (tertiary alicyclic amines) is 1. The molecule has 0 spiro atoms. The van der Waals surface area contributed by atoms with Gasteiger partial charge in [0.1, 0.15) is 18.0 Å². The van der Waals surface area contributed by atoms with E-state index in [2.05, 4.69) is 6.92 Å². The number of amides is 1. The van der Waals surface area contributed by atoms with Crippen LogP contribution in [0.3, 0.4) is 0 Å². The van der Waals surface area contributed by atoms with Crippen molar-refractivity contribution in [1.82, 2.24) is 4.90 Å². The highest BCUT2D eigenvalue weighted by Gasteiger charge is 2.61. The number of carbonyl (C=O) groups is 2. The standard InChI is InChI=1S/C17H22N2O5/c1-17-9-13(14(20)23-4)19(16(21)24-5)15(17)18(2)12-7-6-10(22-3)8-11(12)17/h6-8,13,15H,9H2,1-5H3/t13-,15?,17+/m0/s1. The summed E-state index contributed by atoms with van der Waals surface area (Å²) in [5.74, 6) is 0.309. The maximum absolute atomic E-state index is 12.4. The summed E-state index contributed by atoms with van der Waals surface area (Å²) in [7, 11) is 6.18. The van der Waals surface area contributed by atoms with E-state index in [1.165, 1.54) is 19.1 Å². The quantitative estimate of drug-likeness (QED) is 0.768. The van der Waals surface area contributed by atoms with Crippen LogP contribution in [0.25, 0.3) is 0 Å². The summed E-state index contributed by atoms with van der Waals surface area (Å²) in [6, 6.07) is 5.15. The number of carbonyl (C=O) groups excluding carboxylic acids is 2. The molecule has 0 aliphatic carbocycles. The van der Waals surface area contributed by atoms with Gasteiger partial charge in [-0.2, -0.15) is 0 Å². The summed E-state index contributed by atoms with van der Waals surface area (Å²) in [5, 5.41) is 0. The molecule has 1 aromatic carbocycles. The number of nitrogens with zero attached hydrogens (tertiary/aromatic N) is 2. The van der Waals surface area contributed by atoms with Crippen molar-refractivity contribution in [3.05, 3.63) is 23.8 Å². The van der Waals surface area contributed by atoms with Crippen molar-refractivity contribution in [2.24, 2.45) is 0 Å². The van der Waals surface area contributed by atoms with E-state index in [1.54, 1.807) is 7.11 Å². The summed E-state index contributed by atoms with van der Waals surface area (Å²) in [5.41, 5.74) is 1.64. The number of anilines is 1. The van der Waals surface area contributed by atoms with Crippen LogP contribution < -0.4 is 9.64 Å². The first-order valence-corrected chi connectivity index (χ1v) is 7.74. The van der Waals surface area contributed by atoms with Gasteiger partial charge < -0.3 is 19.1 Å². The Morgan fingerprint density at radius 3 is 2.50 bits per heavy atom. The van der Waals surface area contributed by atoms with Gasteiger partial charge in [-0.1, -0.05) is 6.92 Å². The number of hydrogen-bond acceptors (Lipinski definition) is 6. The smallest absolute Gasteiger partial charge is 0.411 e. The molecule has 1 amide bonds. The van der Waals surface area contributed by atoms with Gasteiger partial charge in [-0.15, -0.1) is 0 Å².